The summed E-state index contributed by atoms with van der Waals surface area (Å²) in [6.07, 6.45) is 3.62. The molecular formula is C22H29ClN2O2. The lowest BCUT2D eigenvalue weighted by atomic mass is 10.0. The van der Waals surface area contributed by atoms with E-state index in [4.69, 9.17) is 4.74 Å². The zero-order valence-corrected chi connectivity index (χ0v) is 16.8. The number of benzene rings is 2. The van der Waals surface area contributed by atoms with Crippen LogP contribution in [0.15, 0.2) is 48.5 Å². The van der Waals surface area contributed by atoms with Crippen LogP contribution in [0.4, 0.5) is 11.4 Å². The summed E-state index contributed by atoms with van der Waals surface area (Å²) in [5, 5.41) is 3.35. The molecule has 1 aliphatic heterocycles. The Morgan fingerprint density at radius 1 is 1.00 bits per heavy atom. The zero-order valence-electron chi connectivity index (χ0n) is 15.9. The van der Waals surface area contributed by atoms with E-state index in [0.29, 0.717) is 19.6 Å². The molecule has 0 unspecified atom stereocenters. The summed E-state index contributed by atoms with van der Waals surface area (Å²) in [7, 11) is 0. The van der Waals surface area contributed by atoms with Gasteiger partial charge in [-0.3, -0.25) is 4.79 Å². The van der Waals surface area contributed by atoms with E-state index in [1.54, 1.807) is 0 Å². The molecule has 146 valence electrons. The zero-order chi connectivity index (χ0) is 18.2. The van der Waals surface area contributed by atoms with Gasteiger partial charge in [0.05, 0.1) is 13.0 Å². The Labute approximate surface area is 168 Å². The summed E-state index contributed by atoms with van der Waals surface area (Å²) >= 11 is 0. The largest absolute Gasteiger partial charge is 0.466 e. The first-order chi connectivity index (χ1) is 12.8. The van der Waals surface area contributed by atoms with Gasteiger partial charge in [0, 0.05) is 24.5 Å². The van der Waals surface area contributed by atoms with Crippen molar-refractivity contribution in [2.75, 3.05) is 31.1 Å². The second-order valence-electron chi connectivity index (χ2n) is 6.57. The third-order valence-corrected chi connectivity index (χ3v) is 4.77. The number of nitrogens with one attached hydrogen (secondary N) is 1. The first kappa shape index (κ1) is 21.3. The van der Waals surface area contributed by atoms with Gasteiger partial charge in [0.25, 0.3) is 0 Å². The van der Waals surface area contributed by atoms with Crippen molar-refractivity contribution in [1.29, 1.82) is 0 Å². The summed E-state index contributed by atoms with van der Waals surface area (Å²) in [5.74, 6) is -0.129. The topological polar surface area (TPSA) is 41.6 Å². The number of hydrogen-bond acceptors (Lipinski definition) is 4. The SMILES string of the molecule is CCOC(=O)CCNCCCN1c2ccccc2CCc2ccccc21.Cl. The minimum Gasteiger partial charge on any atom is -0.466 e. The van der Waals surface area contributed by atoms with E-state index in [1.165, 1.54) is 22.5 Å². The van der Waals surface area contributed by atoms with E-state index >= 15 is 0 Å². The molecule has 1 heterocycles. The summed E-state index contributed by atoms with van der Waals surface area (Å²) in [5.41, 5.74) is 5.48. The second-order valence-corrected chi connectivity index (χ2v) is 6.57. The highest BCUT2D eigenvalue weighted by Crippen LogP contribution is 2.35. The highest BCUT2D eigenvalue weighted by molar-refractivity contribution is 5.85. The Bertz CT molecular complexity index is 688. The Kier molecular flexibility index (Phi) is 8.62. The predicted octanol–water partition coefficient (Wildman–Crippen LogP) is 4.28. The number of nitrogens with zero attached hydrogens (tertiary/aromatic N) is 1. The van der Waals surface area contributed by atoms with Gasteiger partial charge in [-0.15, -0.1) is 12.4 Å². The maximum atomic E-state index is 11.4. The normalized spacial score (nSPS) is 12.4. The lowest BCUT2D eigenvalue weighted by Crippen LogP contribution is -2.26. The Morgan fingerprint density at radius 2 is 1.59 bits per heavy atom. The number of esters is 1. The van der Waals surface area contributed by atoms with Gasteiger partial charge in [-0.25, -0.2) is 0 Å². The fourth-order valence-corrected chi connectivity index (χ4v) is 3.52. The molecule has 0 fully saturated rings. The van der Waals surface area contributed by atoms with Crippen molar-refractivity contribution in [3.8, 4) is 0 Å². The van der Waals surface area contributed by atoms with Crippen LogP contribution < -0.4 is 10.2 Å². The van der Waals surface area contributed by atoms with Crippen LogP contribution in [0.5, 0.6) is 0 Å². The number of anilines is 2. The van der Waals surface area contributed by atoms with Gasteiger partial charge < -0.3 is 15.0 Å². The van der Waals surface area contributed by atoms with Crippen molar-refractivity contribution in [1.82, 2.24) is 5.32 Å². The molecule has 0 amide bonds. The molecule has 0 saturated carbocycles. The van der Waals surface area contributed by atoms with Crippen molar-refractivity contribution in [3.63, 3.8) is 0 Å². The monoisotopic (exact) mass is 388 g/mol. The van der Waals surface area contributed by atoms with Crippen LogP contribution in [0.2, 0.25) is 0 Å². The molecule has 2 aromatic carbocycles. The predicted molar refractivity (Wildman–Crippen MR) is 113 cm³/mol. The molecule has 4 nitrogen and oxygen atoms in total. The standard InChI is InChI=1S/C22H28N2O2.ClH/c1-2-26-22(25)14-16-23-15-7-17-24-20-10-5-3-8-18(20)12-13-19-9-4-6-11-21(19)24;/h3-6,8-11,23H,2,7,12-17H2,1H3;1H. The van der Waals surface area contributed by atoms with Crippen LogP contribution in [0, 0.1) is 0 Å². The van der Waals surface area contributed by atoms with Gasteiger partial charge in [0.15, 0.2) is 0 Å². The Morgan fingerprint density at radius 3 is 2.19 bits per heavy atom. The van der Waals surface area contributed by atoms with E-state index in [9.17, 15) is 4.79 Å². The molecule has 5 heteroatoms. The lowest BCUT2D eigenvalue weighted by Gasteiger charge is -2.27. The highest BCUT2D eigenvalue weighted by atomic mass is 35.5. The third-order valence-electron chi connectivity index (χ3n) is 4.77. The van der Waals surface area contributed by atoms with Gasteiger partial charge in [-0.1, -0.05) is 36.4 Å². The van der Waals surface area contributed by atoms with Crippen molar-refractivity contribution >= 4 is 29.8 Å². The number of carbonyl (C=O) groups excluding carboxylic acids is 1. The smallest absolute Gasteiger partial charge is 0.307 e. The summed E-state index contributed by atoms with van der Waals surface area (Å²) in [6, 6.07) is 17.4. The van der Waals surface area contributed by atoms with Crippen LogP contribution in [0.1, 0.15) is 30.9 Å². The Hall–Kier alpha value is -2.04. The molecular weight excluding hydrogens is 360 g/mol. The number of carbonyl (C=O) groups is 1. The van der Waals surface area contributed by atoms with Crippen molar-refractivity contribution < 1.29 is 9.53 Å². The summed E-state index contributed by atoms with van der Waals surface area (Å²) in [6.45, 7) is 4.81. The number of rotatable bonds is 8. The molecule has 27 heavy (non-hydrogen) atoms. The first-order valence-corrected chi connectivity index (χ1v) is 9.59. The molecule has 1 aliphatic rings. The lowest BCUT2D eigenvalue weighted by molar-refractivity contribution is -0.142. The van der Waals surface area contributed by atoms with Crippen LogP contribution in [-0.4, -0.2) is 32.2 Å². The number of ether oxygens (including phenoxy) is 1. The van der Waals surface area contributed by atoms with Crippen molar-refractivity contribution in [2.24, 2.45) is 0 Å². The van der Waals surface area contributed by atoms with Crippen molar-refractivity contribution in [2.45, 2.75) is 32.6 Å². The average molecular weight is 389 g/mol. The third kappa shape index (κ3) is 5.72. The molecule has 0 spiro atoms. The second kappa shape index (κ2) is 11.0. The van der Waals surface area contributed by atoms with Crippen LogP contribution >= 0.6 is 12.4 Å². The van der Waals surface area contributed by atoms with Gasteiger partial charge >= 0.3 is 5.97 Å². The van der Waals surface area contributed by atoms with Crippen molar-refractivity contribution in [3.05, 3.63) is 59.7 Å². The molecule has 1 N–H and O–H groups in total. The molecule has 0 aliphatic carbocycles. The number of para-hydroxylation sites is 2. The number of hydrogen-bond donors (Lipinski definition) is 1. The molecule has 0 bridgehead atoms. The number of aryl methyl sites for hydroxylation is 2. The van der Waals surface area contributed by atoms with Gasteiger partial charge in [0.1, 0.15) is 0 Å². The number of fused-ring (bicyclic) bond motifs is 2. The fourth-order valence-electron chi connectivity index (χ4n) is 3.52. The van der Waals surface area contributed by atoms with E-state index in [0.717, 1.165) is 32.4 Å². The Balaban J connectivity index is 0.00000261. The minimum absolute atomic E-state index is 0. The highest BCUT2D eigenvalue weighted by Gasteiger charge is 2.19. The van der Waals surface area contributed by atoms with E-state index in [-0.39, 0.29) is 18.4 Å². The van der Waals surface area contributed by atoms with E-state index in [2.05, 4.69) is 58.7 Å². The average Bonchev–Trinajstić information content (AvgIpc) is 2.82. The first-order valence-electron chi connectivity index (χ1n) is 9.59. The fraction of sp³-hybridized carbons (Fsp3) is 0.409. The minimum atomic E-state index is -0.129. The quantitative estimate of drug-likeness (QED) is 0.541. The van der Waals surface area contributed by atoms with E-state index < -0.39 is 0 Å². The maximum Gasteiger partial charge on any atom is 0.307 e. The molecule has 2 aromatic rings. The molecule has 0 saturated heterocycles. The van der Waals surface area contributed by atoms with Crippen LogP contribution in [0.25, 0.3) is 0 Å². The van der Waals surface area contributed by atoms with Crippen LogP contribution in [0.3, 0.4) is 0 Å². The maximum absolute atomic E-state index is 11.4. The molecule has 3 rings (SSSR count). The van der Waals surface area contributed by atoms with E-state index in [1.807, 2.05) is 6.92 Å². The summed E-state index contributed by atoms with van der Waals surface area (Å²) < 4.78 is 4.95. The molecule has 0 radical (unpaired) electrons. The van der Waals surface area contributed by atoms with Crippen LogP contribution in [-0.2, 0) is 22.4 Å². The molecule has 0 aromatic heterocycles. The number of halogens is 1. The summed E-state index contributed by atoms with van der Waals surface area (Å²) in [4.78, 5) is 13.8. The van der Waals surface area contributed by atoms with Gasteiger partial charge in [-0.2, -0.15) is 0 Å². The molecule has 0 atom stereocenters. The van der Waals surface area contributed by atoms with Gasteiger partial charge in [0.2, 0.25) is 0 Å². The van der Waals surface area contributed by atoms with Gasteiger partial charge in [-0.05, 0) is 56.0 Å².